The second-order valence-corrected chi connectivity index (χ2v) is 3.92. The molecule has 1 nitrogen and oxygen atoms in total. The standard InChI is InChI=1S/C10H13BrFN/c11-9-3-1-2-8(6-9)7-10(12)4-5-13/h1-3,6,10H,4-5,7,13H2. The molecular formula is C10H13BrFN. The molecule has 1 unspecified atom stereocenters. The molecule has 2 N–H and O–H groups in total. The minimum Gasteiger partial charge on any atom is -0.330 e. The van der Waals surface area contributed by atoms with E-state index in [0.29, 0.717) is 19.4 Å². The molecule has 0 aromatic heterocycles. The monoisotopic (exact) mass is 245 g/mol. The first kappa shape index (κ1) is 10.7. The van der Waals surface area contributed by atoms with Gasteiger partial charge in [0.1, 0.15) is 6.17 Å². The number of alkyl halides is 1. The molecule has 0 saturated carbocycles. The summed E-state index contributed by atoms with van der Waals surface area (Å²) >= 11 is 3.34. The van der Waals surface area contributed by atoms with Crippen LogP contribution in [-0.4, -0.2) is 12.7 Å². The summed E-state index contributed by atoms with van der Waals surface area (Å²) < 4.78 is 14.1. The van der Waals surface area contributed by atoms with E-state index in [1.54, 1.807) is 0 Å². The molecule has 3 heteroatoms. The highest BCUT2D eigenvalue weighted by atomic mass is 79.9. The lowest BCUT2D eigenvalue weighted by Gasteiger charge is -2.06. The van der Waals surface area contributed by atoms with E-state index in [-0.39, 0.29) is 0 Å². The minimum absolute atomic E-state index is 0.412. The summed E-state index contributed by atoms with van der Waals surface area (Å²) in [5, 5.41) is 0. The molecule has 0 aliphatic carbocycles. The molecule has 0 aliphatic heterocycles. The average molecular weight is 246 g/mol. The van der Waals surface area contributed by atoms with Crippen molar-refractivity contribution in [1.29, 1.82) is 0 Å². The summed E-state index contributed by atoms with van der Waals surface area (Å²) in [6.07, 6.45) is 0.0719. The van der Waals surface area contributed by atoms with Gasteiger partial charge in [0.25, 0.3) is 0 Å². The van der Waals surface area contributed by atoms with E-state index in [2.05, 4.69) is 15.9 Å². The van der Waals surface area contributed by atoms with Crippen molar-refractivity contribution < 1.29 is 4.39 Å². The van der Waals surface area contributed by atoms with Crippen LogP contribution in [0.15, 0.2) is 28.7 Å². The van der Waals surface area contributed by atoms with Gasteiger partial charge >= 0.3 is 0 Å². The van der Waals surface area contributed by atoms with Gasteiger partial charge in [-0.1, -0.05) is 28.1 Å². The Labute approximate surface area is 86.3 Å². The van der Waals surface area contributed by atoms with Crippen molar-refractivity contribution in [1.82, 2.24) is 0 Å². The zero-order chi connectivity index (χ0) is 9.68. The number of hydrogen-bond donors (Lipinski definition) is 1. The number of halogens is 2. The van der Waals surface area contributed by atoms with Gasteiger partial charge in [-0.2, -0.15) is 0 Å². The number of benzene rings is 1. The molecule has 0 spiro atoms. The minimum atomic E-state index is -0.820. The summed E-state index contributed by atoms with van der Waals surface area (Å²) in [5.41, 5.74) is 6.27. The van der Waals surface area contributed by atoms with E-state index in [4.69, 9.17) is 5.73 Å². The van der Waals surface area contributed by atoms with E-state index < -0.39 is 6.17 Å². The van der Waals surface area contributed by atoms with Crippen LogP contribution in [0.2, 0.25) is 0 Å². The Hall–Kier alpha value is -0.410. The average Bonchev–Trinajstić information content (AvgIpc) is 2.04. The zero-order valence-electron chi connectivity index (χ0n) is 7.34. The Bertz CT molecular complexity index is 265. The molecule has 0 saturated heterocycles. The molecule has 0 bridgehead atoms. The third kappa shape index (κ3) is 3.87. The fourth-order valence-electron chi connectivity index (χ4n) is 1.20. The van der Waals surface area contributed by atoms with Crippen molar-refractivity contribution in [2.24, 2.45) is 5.73 Å². The van der Waals surface area contributed by atoms with Crippen molar-refractivity contribution in [3.05, 3.63) is 34.3 Å². The quantitative estimate of drug-likeness (QED) is 0.868. The summed E-state index contributed by atoms with van der Waals surface area (Å²) in [4.78, 5) is 0. The second kappa shape index (κ2) is 5.35. The van der Waals surface area contributed by atoms with Crippen LogP contribution in [-0.2, 0) is 6.42 Å². The van der Waals surface area contributed by atoms with Gasteiger partial charge in [-0.3, -0.25) is 0 Å². The van der Waals surface area contributed by atoms with Crippen LogP contribution in [0.25, 0.3) is 0 Å². The van der Waals surface area contributed by atoms with Gasteiger partial charge < -0.3 is 5.73 Å². The second-order valence-electron chi connectivity index (χ2n) is 3.01. The SMILES string of the molecule is NCCC(F)Cc1cccc(Br)c1. The molecule has 0 aliphatic rings. The molecular weight excluding hydrogens is 233 g/mol. The van der Waals surface area contributed by atoms with Crippen LogP contribution in [0.5, 0.6) is 0 Å². The lowest BCUT2D eigenvalue weighted by atomic mass is 10.1. The molecule has 0 fully saturated rings. The van der Waals surface area contributed by atoms with Crippen LogP contribution in [0.1, 0.15) is 12.0 Å². The lowest BCUT2D eigenvalue weighted by molar-refractivity contribution is 0.316. The first-order valence-electron chi connectivity index (χ1n) is 4.31. The van der Waals surface area contributed by atoms with Gasteiger partial charge in [0.2, 0.25) is 0 Å². The fraction of sp³-hybridized carbons (Fsp3) is 0.400. The predicted molar refractivity (Wildman–Crippen MR) is 56.4 cm³/mol. The van der Waals surface area contributed by atoms with E-state index in [0.717, 1.165) is 10.0 Å². The predicted octanol–water partition coefficient (Wildman–Crippen LogP) is 2.68. The van der Waals surface area contributed by atoms with Gasteiger partial charge in [0, 0.05) is 10.9 Å². The third-order valence-electron chi connectivity index (χ3n) is 1.83. The number of rotatable bonds is 4. The molecule has 0 amide bonds. The first-order valence-corrected chi connectivity index (χ1v) is 5.10. The Morgan fingerprint density at radius 1 is 1.46 bits per heavy atom. The van der Waals surface area contributed by atoms with Crippen LogP contribution < -0.4 is 5.73 Å². The van der Waals surface area contributed by atoms with Crippen molar-refractivity contribution >= 4 is 15.9 Å². The molecule has 1 aromatic carbocycles. The lowest BCUT2D eigenvalue weighted by Crippen LogP contribution is -2.11. The third-order valence-corrected chi connectivity index (χ3v) is 2.32. The van der Waals surface area contributed by atoms with Gasteiger partial charge in [0.15, 0.2) is 0 Å². The fourth-order valence-corrected chi connectivity index (χ4v) is 1.65. The number of nitrogens with two attached hydrogens (primary N) is 1. The largest absolute Gasteiger partial charge is 0.330 e. The van der Waals surface area contributed by atoms with Crippen LogP contribution >= 0.6 is 15.9 Å². The maximum absolute atomic E-state index is 13.1. The van der Waals surface area contributed by atoms with Gasteiger partial charge in [-0.05, 0) is 30.7 Å². The number of hydrogen-bond acceptors (Lipinski definition) is 1. The van der Waals surface area contributed by atoms with Crippen LogP contribution in [0.3, 0.4) is 0 Å². The molecule has 72 valence electrons. The summed E-state index contributed by atoms with van der Waals surface area (Å²) in [5.74, 6) is 0. The summed E-state index contributed by atoms with van der Waals surface area (Å²) in [6.45, 7) is 0.412. The molecule has 13 heavy (non-hydrogen) atoms. The maximum Gasteiger partial charge on any atom is 0.105 e. The van der Waals surface area contributed by atoms with E-state index in [9.17, 15) is 4.39 Å². The highest BCUT2D eigenvalue weighted by molar-refractivity contribution is 9.10. The highest BCUT2D eigenvalue weighted by Crippen LogP contribution is 2.14. The van der Waals surface area contributed by atoms with E-state index in [1.807, 2.05) is 24.3 Å². The summed E-state index contributed by atoms with van der Waals surface area (Å²) in [7, 11) is 0. The van der Waals surface area contributed by atoms with Crippen molar-refractivity contribution in [3.8, 4) is 0 Å². The van der Waals surface area contributed by atoms with Crippen molar-refractivity contribution in [2.45, 2.75) is 19.0 Å². The van der Waals surface area contributed by atoms with Gasteiger partial charge in [-0.15, -0.1) is 0 Å². The van der Waals surface area contributed by atoms with E-state index >= 15 is 0 Å². The van der Waals surface area contributed by atoms with Crippen molar-refractivity contribution in [3.63, 3.8) is 0 Å². The maximum atomic E-state index is 13.1. The molecule has 1 rings (SSSR count). The zero-order valence-corrected chi connectivity index (χ0v) is 8.93. The topological polar surface area (TPSA) is 26.0 Å². The van der Waals surface area contributed by atoms with Crippen LogP contribution in [0.4, 0.5) is 4.39 Å². The van der Waals surface area contributed by atoms with Gasteiger partial charge in [0.05, 0.1) is 0 Å². The molecule has 1 aromatic rings. The Balaban J connectivity index is 2.53. The van der Waals surface area contributed by atoms with Crippen molar-refractivity contribution in [2.75, 3.05) is 6.54 Å². The van der Waals surface area contributed by atoms with Gasteiger partial charge in [-0.25, -0.2) is 4.39 Å². The van der Waals surface area contributed by atoms with E-state index in [1.165, 1.54) is 0 Å². The molecule has 0 radical (unpaired) electrons. The molecule has 1 atom stereocenters. The molecule has 0 heterocycles. The normalized spacial score (nSPS) is 12.8. The Morgan fingerprint density at radius 3 is 2.85 bits per heavy atom. The van der Waals surface area contributed by atoms with Crippen LogP contribution in [0, 0.1) is 0 Å². The Kier molecular flexibility index (Phi) is 4.39. The highest BCUT2D eigenvalue weighted by Gasteiger charge is 2.06. The summed E-state index contributed by atoms with van der Waals surface area (Å²) in [6, 6.07) is 7.70. The first-order chi connectivity index (χ1) is 6.22. The Morgan fingerprint density at radius 2 is 2.23 bits per heavy atom. The smallest absolute Gasteiger partial charge is 0.105 e.